The Morgan fingerprint density at radius 1 is 0.875 bits per heavy atom. The molecule has 1 aromatic rings. The Morgan fingerprint density at radius 2 is 1.46 bits per heavy atom. The normalized spacial score (nSPS) is 15.1. The molecule has 0 spiro atoms. The lowest BCUT2D eigenvalue weighted by atomic mass is 9.91. The van der Waals surface area contributed by atoms with Gasteiger partial charge in [0.15, 0.2) is 0 Å². The summed E-state index contributed by atoms with van der Waals surface area (Å²) < 4.78 is 0. The van der Waals surface area contributed by atoms with E-state index in [0.717, 1.165) is 6.54 Å². The Hall–Kier alpha value is -0.600. The summed E-state index contributed by atoms with van der Waals surface area (Å²) in [5, 5.41) is 3.68. The predicted octanol–water partition coefficient (Wildman–Crippen LogP) is 6.00. The van der Waals surface area contributed by atoms with Crippen molar-refractivity contribution in [1.29, 1.82) is 0 Å². The molecule has 0 atom stereocenters. The molecule has 0 bridgehead atoms. The summed E-state index contributed by atoms with van der Waals surface area (Å²) in [7, 11) is 0. The molecule has 2 nitrogen and oxygen atoms in total. The standard InChI is InChI=1S/C20H32N2.2ClH/c1-2-3-4-5-6-7-12-21-19-15-17-10-8-13-22-14-9-11-18(16-19)20(17)22;;/h15-16,21H,2-14H2,1H3;2*1H. The van der Waals surface area contributed by atoms with Crippen LogP contribution in [0.4, 0.5) is 11.4 Å². The molecule has 0 aliphatic carbocycles. The van der Waals surface area contributed by atoms with Gasteiger partial charge >= 0.3 is 0 Å². The molecular weight excluding hydrogens is 339 g/mol. The van der Waals surface area contributed by atoms with E-state index in [1.165, 1.54) is 83.0 Å². The van der Waals surface area contributed by atoms with Gasteiger partial charge in [-0.3, -0.25) is 0 Å². The van der Waals surface area contributed by atoms with Gasteiger partial charge in [-0.1, -0.05) is 39.0 Å². The number of benzene rings is 1. The minimum atomic E-state index is 0. The number of hydrogen-bond donors (Lipinski definition) is 1. The maximum Gasteiger partial charge on any atom is 0.0432 e. The van der Waals surface area contributed by atoms with E-state index in [4.69, 9.17) is 0 Å². The van der Waals surface area contributed by atoms with Gasteiger partial charge < -0.3 is 10.2 Å². The van der Waals surface area contributed by atoms with Gasteiger partial charge in [-0.15, -0.1) is 24.8 Å². The molecule has 0 amide bonds. The summed E-state index contributed by atoms with van der Waals surface area (Å²) in [6.07, 6.45) is 13.4. The van der Waals surface area contributed by atoms with Crippen LogP contribution >= 0.6 is 24.8 Å². The molecule has 3 rings (SSSR count). The van der Waals surface area contributed by atoms with Crippen LogP contribution in [-0.2, 0) is 12.8 Å². The van der Waals surface area contributed by atoms with Gasteiger partial charge in [0.05, 0.1) is 0 Å². The summed E-state index contributed by atoms with van der Waals surface area (Å²) in [5.74, 6) is 0. The summed E-state index contributed by atoms with van der Waals surface area (Å²) in [6.45, 7) is 5.95. The average molecular weight is 373 g/mol. The van der Waals surface area contributed by atoms with Crippen molar-refractivity contribution in [2.45, 2.75) is 71.1 Å². The van der Waals surface area contributed by atoms with Crippen molar-refractivity contribution in [3.05, 3.63) is 23.3 Å². The highest BCUT2D eigenvalue weighted by Crippen LogP contribution is 2.37. The lowest BCUT2D eigenvalue weighted by Crippen LogP contribution is -2.34. The van der Waals surface area contributed by atoms with Crippen molar-refractivity contribution >= 4 is 36.2 Å². The second-order valence-electron chi connectivity index (χ2n) is 7.03. The van der Waals surface area contributed by atoms with E-state index >= 15 is 0 Å². The quantitative estimate of drug-likeness (QED) is 0.562. The van der Waals surface area contributed by atoms with E-state index in [1.807, 2.05) is 0 Å². The molecule has 0 unspecified atom stereocenters. The van der Waals surface area contributed by atoms with E-state index in [9.17, 15) is 0 Å². The minimum absolute atomic E-state index is 0. The van der Waals surface area contributed by atoms with Gasteiger partial charge in [0, 0.05) is 31.0 Å². The molecule has 2 aliphatic heterocycles. The third kappa shape index (κ3) is 5.46. The monoisotopic (exact) mass is 372 g/mol. The highest BCUT2D eigenvalue weighted by atomic mass is 35.5. The number of nitrogens with zero attached hydrogens (tertiary/aromatic N) is 1. The molecule has 1 N–H and O–H groups in total. The van der Waals surface area contributed by atoms with Gasteiger partial charge in [-0.2, -0.15) is 0 Å². The van der Waals surface area contributed by atoms with Gasteiger partial charge in [-0.05, 0) is 55.4 Å². The van der Waals surface area contributed by atoms with Crippen molar-refractivity contribution < 1.29 is 0 Å². The number of unbranched alkanes of at least 4 members (excludes halogenated alkanes) is 5. The summed E-state index contributed by atoms with van der Waals surface area (Å²) in [5.41, 5.74) is 6.14. The number of nitrogens with one attached hydrogen (secondary N) is 1. The first kappa shape index (κ1) is 21.4. The van der Waals surface area contributed by atoms with Gasteiger partial charge in [0.2, 0.25) is 0 Å². The van der Waals surface area contributed by atoms with Crippen LogP contribution in [0.5, 0.6) is 0 Å². The van der Waals surface area contributed by atoms with Crippen LogP contribution in [0.15, 0.2) is 12.1 Å². The van der Waals surface area contributed by atoms with E-state index in [1.54, 1.807) is 16.8 Å². The number of halogens is 2. The number of aryl methyl sites for hydroxylation is 2. The molecule has 1 aromatic carbocycles. The van der Waals surface area contributed by atoms with Crippen LogP contribution in [0.1, 0.15) is 69.4 Å². The van der Waals surface area contributed by atoms with Crippen LogP contribution in [0.2, 0.25) is 0 Å². The topological polar surface area (TPSA) is 15.3 Å². The number of anilines is 2. The molecule has 0 radical (unpaired) electrons. The maximum absolute atomic E-state index is 3.68. The fourth-order valence-electron chi connectivity index (χ4n) is 4.04. The van der Waals surface area contributed by atoms with E-state index < -0.39 is 0 Å². The zero-order valence-electron chi connectivity index (χ0n) is 15.1. The van der Waals surface area contributed by atoms with E-state index in [2.05, 4.69) is 29.3 Å². The molecule has 4 heteroatoms. The first-order valence-corrected chi connectivity index (χ1v) is 9.53. The molecule has 0 saturated heterocycles. The van der Waals surface area contributed by atoms with Crippen molar-refractivity contribution in [3.8, 4) is 0 Å². The lowest BCUT2D eigenvalue weighted by Gasteiger charge is -2.37. The van der Waals surface area contributed by atoms with E-state index in [-0.39, 0.29) is 24.8 Å². The molecule has 0 fully saturated rings. The molecule has 0 aromatic heterocycles. The predicted molar refractivity (Wildman–Crippen MR) is 112 cm³/mol. The maximum atomic E-state index is 3.68. The molecule has 2 aliphatic rings. The highest BCUT2D eigenvalue weighted by molar-refractivity contribution is 5.85. The summed E-state index contributed by atoms with van der Waals surface area (Å²) in [4.78, 5) is 2.62. The lowest BCUT2D eigenvalue weighted by molar-refractivity contribution is 0.616. The van der Waals surface area contributed by atoms with Crippen molar-refractivity contribution in [2.24, 2.45) is 0 Å². The van der Waals surface area contributed by atoms with Crippen LogP contribution in [0, 0.1) is 0 Å². The van der Waals surface area contributed by atoms with Gasteiger partial charge in [-0.25, -0.2) is 0 Å². The SMILES string of the molecule is CCCCCCCCNc1cc2c3c(c1)CCCN3CCC2.Cl.Cl. The van der Waals surface area contributed by atoms with Gasteiger partial charge in [0.25, 0.3) is 0 Å². The Labute approximate surface area is 160 Å². The Kier molecular flexibility index (Phi) is 9.92. The Balaban J connectivity index is 0.00000144. The zero-order chi connectivity index (χ0) is 15.2. The average Bonchev–Trinajstić information content (AvgIpc) is 2.54. The molecule has 2 heterocycles. The van der Waals surface area contributed by atoms with Gasteiger partial charge in [0.1, 0.15) is 0 Å². The molecular formula is C20H34Cl2N2. The first-order chi connectivity index (χ1) is 10.9. The van der Waals surface area contributed by atoms with Crippen LogP contribution < -0.4 is 10.2 Å². The van der Waals surface area contributed by atoms with E-state index in [0.29, 0.717) is 0 Å². The largest absolute Gasteiger partial charge is 0.385 e. The second kappa shape index (κ2) is 11.1. The second-order valence-corrected chi connectivity index (χ2v) is 7.03. The molecule has 24 heavy (non-hydrogen) atoms. The van der Waals surface area contributed by atoms with Crippen molar-refractivity contribution in [1.82, 2.24) is 0 Å². The number of rotatable bonds is 8. The minimum Gasteiger partial charge on any atom is -0.385 e. The smallest absolute Gasteiger partial charge is 0.0432 e. The zero-order valence-corrected chi connectivity index (χ0v) is 16.7. The Morgan fingerprint density at radius 3 is 2.08 bits per heavy atom. The first-order valence-electron chi connectivity index (χ1n) is 9.53. The van der Waals surface area contributed by atoms with Crippen LogP contribution in [0.25, 0.3) is 0 Å². The fourth-order valence-corrected chi connectivity index (χ4v) is 4.04. The third-order valence-electron chi connectivity index (χ3n) is 5.19. The fraction of sp³-hybridized carbons (Fsp3) is 0.700. The summed E-state index contributed by atoms with van der Waals surface area (Å²) >= 11 is 0. The van der Waals surface area contributed by atoms with Crippen LogP contribution in [0.3, 0.4) is 0 Å². The highest BCUT2D eigenvalue weighted by Gasteiger charge is 2.23. The van der Waals surface area contributed by atoms with Crippen LogP contribution in [-0.4, -0.2) is 19.6 Å². The number of hydrogen-bond acceptors (Lipinski definition) is 2. The molecule has 0 saturated carbocycles. The van der Waals surface area contributed by atoms with Crippen molar-refractivity contribution in [3.63, 3.8) is 0 Å². The molecule has 138 valence electrons. The summed E-state index contributed by atoms with van der Waals surface area (Å²) in [6, 6.07) is 4.85. The Bertz CT molecular complexity index is 460. The third-order valence-corrected chi connectivity index (χ3v) is 5.19. The van der Waals surface area contributed by atoms with Crippen molar-refractivity contribution in [2.75, 3.05) is 29.9 Å².